The number of nitrogens with zero attached hydrogens (tertiary/aromatic N) is 1. The van der Waals surface area contributed by atoms with Gasteiger partial charge in [-0.3, -0.25) is 0 Å². The molecule has 19 heavy (non-hydrogen) atoms. The minimum Gasteiger partial charge on any atom is -0.398 e. The van der Waals surface area contributed by atoms with Gasteiger partial charge in [-0.15, -0.1) is 0 Å². The van der Waals surface area contributed by atoms with E-state index < -0.39 is 10.0 Å². The Labute approximate surface area is 119 Å². The summed E-state index contributed by atoms with van der Waals surface area (Å²) in [6.45, 7) is 4.02. The fourth-order valence-corrected chi connectivity index (χ4v) is 3.51. The highest BCUT2D eigenvalue weighted by Crippen LogP contribution is 2.27. The Kier molecular flexibility index (Phi) is 5.61. The van der Waals surface area contributed by atoms with Crippen molar-refractivity contribution in [3.05, 3.63) is 22.7 Å². The van der Waals surface area contributed by atoms with Gasteiger partial charge >= 0.3 is 0 Å². The lowest BCUT2D eigenvalue weighted by atomic mass is 10.2. The number of aliphatic hydroxyl groups is 1. The highest BCUT2D eigenvalue weighted by Gasteiger charge is 2.23. The molecule has 108 valence electrons. The maximum absolute atomic E-state index is 12.4. The van der Waals surface area contributed by atoms with Crippen LogP contribution in [-0.4, -0.2) is 37.5 Å². The zero-order valence-corrected chi connectivity index (χ0v) is 12.6. The van der Waals surface area contributed by atoms with Crippen molar-refractivity contribution in [2.45, 2.75) is 25.2 Å². The van der Waals surface area contributed by atoms with Crippen LogP contribution in [0.1, 0.15) is 18.9 Å². The van der Waals surface area contributed by atoms with Crippen molar-refractivity contribution >= 4 is 27.3 Å². The molecule has 1 aromatic rings. The van der Waals surface area contributed by atoms with Gasteiger partial charge in [0.25, 0.3) is 0 Å². The first kappa shape index (κ1) is 16.2. The predicted molar refractivity (Wildman–Crippen MR) is 76.7 cm³/mol. The molecule has 5 nitrogen and oxygen atoms in total. The largest absolute Gasteiger partial charge is 0.398 e. The van der Waals surface area contributed by atoms with Crippen LogP contribution >= 0.6 is 11.6 Å². The zero-order valence-electron chi connectivity index (χ0n) is 11.1. The SMILES string of the molecule is CCN(CCCO)S(=O)(=O)c1cc(N)c(C)c(Cl)c1. The van der Waals surface area contributed by atoms with Crippen LogP contribution < -0.4 is 5.73 Å². The van der Waals surface area contributed by atoms with E-state index in [-0.39, 0.29) is 18.0 Å². The Morgan fingerprint density at radius 2 is 2.05 bits per heavy atom. The van der Waals surface area contributed by atoms with E-state index in [4.69, 9.17) is 22.4 Å². The number of hydrogen-bond acceptors (Lipinski definition) is 4. The topological polar surface area (TPSA) is 83.6 Å². The summed E-state index contributed by atoms with van der Waals surface area (Å²) in [6.07, 6.45) is 0.391. The summed E-state index contributed by atoms with van der Waals surface area (Å²) in [6, 6.07) is 2.82. The maximum Gasteiger partial charge on any atom is 0.243 e. The van der Waals surface area contributed by atoms with E-state index in [1.807, 2.05) is 0 Å². The monoisotopic (exact) mass is 306 g/mol. The molecule has 1 rings (SSSR count). The normalized spacial score (nSPS) is 12.1. The average Bonchev–Trinajstić information content (AvgIpc) is 2.36. The van der Waals surface area contributed by atoms with E-state index in [1.165, 1.54) is 16.4 Å². The summed E-state index contributed by atoms with van der Waals surface area (Å²) in [5.41, 5.74) is 6.77. The first-order valence-corrected chi connectivity index (χ1v) is 7.83. The fourth-order valence-electron chi connectivity index (χ4n) is 1.67. The predicted octanol–water partition coefficient (Wildman–Crippen LogP) is 1.62. The van der Waals surface area contributed by atoms with Crippen LogP contribution in [0.5, 0.6) is 0 Å². The van der Waals surface area contributed by atoms with Gasteiger partial charge in [-0.1, -0.05) is 18.5 Å². The van der Waals surface area contributed by atoms with Crippen LogP contribution in [0.4, 0.5) is 5.69 Å². The number of hydrogen-bond donors (Lipinski definition) is 2. The molecule has 1 aromatic carbocycles. The second-order valence-corrected chi connectivity index (χ2v) is 6.54. The van der Waals surface area contributed by atoms with Gasteiger partial charge in [-0.25, -0.2) is 8.42 Å². The standard InChI is InChI=1S/C12H19ClN2O3S/c1-3-15(5-4-6-16)19(17,18)10-7-11(13)9(2)12(14)8-10/h7-8,16H,3-6,14H2,1-2H3. The molecule has 0 amide bonds. The van der Waals surface area contributed by atoms with Crippen LogP contribution in [-0.2, 0) is 10.0 Å². The number of sulfonamides is 1. The average molecular weight is 307 g/mol. The van der Waals surface area contributed by atoms with E-state index >= 15 is 0 Å². The lowest BCUT2D eigenvalue weighted by Gasteiger charge is -2.20. The van der Waals surface area contributed by atoms with Gasteiger partial charge in [-0.2, -0.15) is 4.31 Å². The molecule has 0 unspecified atom stereocenters. The summed E-state index contributed by atoms with van der Waals surface area (Å²) in [7, 11) is -3.63. The summed E-state index contributed by atoms with van der Waals surface area (Å²) in [5, 5.41) is 9.14. The second kappa shape index (κ2) is 6.56. The number of aliphatic hydroxyl groups excluding tert-OH is 1. The van der Waals surface area contributed by atoms with Crippen molar-refractivity contribution in [3.8, 4) is 0 Å². The van der Waals surface area contributed by atoms with Gasteiger partial charge in [0.1, 0.15) is 0 Å². The third kappa shape index (κ3) is 3.60. The number of nitrogen functional groups attached to an aromatic ring is 1. The van der Waals surface area contributed by atoms with E-state index in [0.29, 0.717) is 29.2 Å². The Bertz CT molecular complexity index is 523. The molecule has 0 saturated heterocycles. The number of halogens is 1. The lowest BCUT2D eigenvalue weighted by molar-refractivity contribution is 0.271. The molecule has 0 aliphatic rings. The van der Waals surface area contributed by atoms with Crippen molar-refractivity contribution in [1.82, 2.24) is 4.31 Å². The smallest absolute Gasteiger partial charge is 0.243 e. The van der Waals surface area contributed by atoms with Gasteiger partial charge in [0.05, 0.1) is 4.90 Å². The van der Waals surface area contributed by atoms with Crippen molar-refractivity contribution in [2.24, 2.45) is 0 Å². The van der Waals surface area contributed by atoms with Gasteiger partial charge in [-0.05, 0) is 31.0 Å². The second-order valence-electron chi connectivity index (χ2n) is 4.19. The van der Waals surface area contributed by atoms with Crippen molar-refractivity contribution in [1.29, 1.82) is 0 Å². The molecule has 0 atom stereocenters. The van der Waals surface area contributed by atoms with Crippen LogP contribution in [0.25, 0.3) is 0 Å². The molecule has 0 bridgehead atoms. The number of benzene rings is 1. The highest BCUT2D eigenvalue weighted by molar-refractivity contribution is 7.89. The van der Waals surface area contributed by atoms with Crippen LogP contribution in [0.15, 0.2) is 17.0 Å². The third-order valence-electron chi connectivity index (χ3n) is 2.91. The quantitative estimate of drug-likeness (QED) is 0.782. The number of anilines is 1. The molecule has 0 heterocycles. The van der Waals surface area contributed by atoms with Gasteiger partial charge in [0.2, 0.25) is 10.0 Å². The molecular weight excluding hydrogens is 288 g/mol. The fraction of sp³-hybridized carbons (Fsp3) is 0.500. The molecule has 0 spiro atoms. The molecule has 0 radical (unpaired) electrons. The van der Waals surface area contributed by atoms with Crippen LogP contribution in [0.2, 0.25) is 5.02 Å². The minimum atomic E-state index is -3.63. The van der Waals surface area contributed by atoms with Gasteiger partial charge < -0.3 is 10.8 Å². The summed E-state index contributed by atoms with van der Waals surface area (Å²) in [4.78, 5) is 0.0837. The van der Waals surface area contributed by atoms with Gasteiger partial charge in [0.15, 0.2) is 0 Å². The highest BCUT2D eigenvalue weighted by atomic mass is 35.5. The van der Waals surface area contributed by atoms with E-state index in [2.05, 4.69) is 0 Å². The lowest BCUT2D eigenvalue weighted by Crippen LogP contribution is -2.32. The zero-order chi connectivity index (χ0) is 14.6. The van der Waals surface area contributed by atoms with E-state index in [9.17, 15) is 8.42 Å². The molecule has 0 aliphatic carbocycles. The summed E-state index contributed by atoms with van der Waals surface area (Å²) < 4.78 is 26.1. The van der Waals surface area contributed by atoms with Crippen LogP contribution in [0, 0.1) is 6.92 Å². The summed E-state index contributed by atoms with van der Waals surface area (Å²) >= 11 is 5.97. The Hall–Kier alpha value is -0.820. The van der Waals surface area contributed by atoms with Crippen molar-refractivity contribution in [3.63, 3.8) is 0 Å². The maximum atomic E-state index is 12.4. The molecule has 0 aromatic heterocycles. The van der Waals surface area contributed by atoms with Gasteiger partial charge in [0, 0.05) is 30.4 Å². The molecule has 0 aliphatic heterocycles. The molecular formula is C12H19ClN2O3S. The Morgan fingerprint density at radius 1 is 1.42 bits per heavy atom. The van der Waals surface area contributed by atoms with E-state index in [1.54, 1.807) is 13.8 Å². The summed E-state index contributed by atoms with van der Waals surface area (Å²) in [5.74, 6) is 0. The number of rotatable bonds is 6. The first-order valence-electron chi connectivity index (χ1n) is 6.01. The third-order valence-corrected chi connectivity index (χ3v) is 5.26. The van der Waals surface area contributed by atoms with Crippen molar-refractivity contribution < 1.29 is 13.5 Å². The number of nitrogens with two attached hydrogens (primary N) is 1. The molecule has 3 N–H and O–H groups in total. The molecule has 0 saturated carbocycles. The first-order chi connectivity index (χ1) is 8.84. The van der Waals surface area contributed by atoms with Crippen LogP contribution in [0.3, 0.4) is 0 Å². The minimum absolute atomic E-state index is 0.0528. The Morgan fingerprint density at radius 3 is 2.53 bits per heavy atom. The molecule has 7 heteroatoms. The molecule has 0 fully saturated rings. The van der Waals surface area contributed by atoms with E-state index in [0.717, 1.165) is 0 Å². The van der Waals surface area contributed by atoms with Crippen molar-refractivity contribution in [2.75, 3.05) is 25.4 Å². The Balaban J connectivity index is 3.18.